The van der Waals surface area contributed by atoms with E-state index in [1.807, 2.05) is 24.3 Å². The van der Waals surface area contributed by atoms with Gasteiger partial charge in [0.25, 0.3) is 0 Å². The number of halogens is 3. The Morgan fingerprint density at radius 2 is 1.58 bits per heavy atom. The largest absolute Gasteiger partial charge is 0.377 e. The molecular formula is C35H32F3N9O. The van der Waals surface area contributed by atoms with Crippen LogP contribution in [0, 0.1) is 5.82 Å². The van der Waals surface area contributed by atoms with Crippen LogP contribution in [0.3, 0.4) is 0 Å². The van der Waals surface area contributed by atoms with E-state index in [0.29, 0.717) is 11.5 Å². The lowest BCUT2D eigenvalue weighted by atomic mass is 9.80. The maximum atomic E-state index is 16.1. The number of anilines is 2. The van der Waals surface area contributed by atoms with Crippen molar-refractivity contribution in [3.05, 3.63) is 102 Å². The number of tetrazole rings is 1. The maximum absolute atomic E-state index is 16.1. The maximum Gasteiger partial charge on any atom is 0.323 e. The second kappa shape index (κ2) is 11.2. The number of imidazole rings is 1. The Balaban J connectivity index is 0.961. The van der Waals surface area contributed by atoms with Gasteiger partial charge in [-0.3, -0.25) is 4.98 Å². The number of aliphatic hydroxyl groups is 1. The highest BCUT2D eigenvalue weighted by atomic mass is 19.3. The van der Waals surface area contributed by atoms with Gasteiger partial charge in [0.05, 0.1) is 17.6 Å². The summed E-state index contributed by atoms with van der Waals surface area (Å²) in [5, 5.41) is 22.6. The number of benzene rings is 3. The summed E-state index contributed by atoms with van der Waals surface area (Å²) in [4.78, 5) is 16.9. The summed E-state index contributed by atoms with van der Waals surface area (Å²) in [6.45, 7) is 7.08. The van der Waals surface area contributed by atoms with Crippen molar-refractivity contribution in [1.29, 1.82) is 0 Å². The van der Waals surface area contributed by atoms with E-state index in [0.717, 1.165) is 77.2 Å². The van der Waals surface area contributed by atoms with Crippen LogP contribution in [0.1, 0.15) is 36.8 Å². The molecule has 5 heterocycles. The molecule has 0 unspecified atom stereocenters. The minimum absolute atomic E-state index is 0.00220. The molecule has 1 atom stereocenters. The fourth-order valence-electron chi connectivity index (χ4n) is 6.67. The van der Waals surface area contributed by atoms with Gasteiger partial charge in [-0.25, -0.2) is 14.1 Å². The predicted octanol–water partition coefficient (Wildman–Crippen LogP) is 5.86. The first-order valence-electron chi connectivity index (χ1n) is 15.8. The zero-order valence-corrected chi connectivity index (χ0v) is 26.3. The van der Waals surface area contributed by atoms with Gasteiger partial charge in [-0.15, -0.1) is 5.10 Å². The van der Waals surface area contributed by atoms with Gasteiger partial charge in [0, 0.05) is 66.4 Å². The lowest BCUT2D eigenvalue weighted by molar-refractivity contribution is -0.207. The van der Waals surface area contributed by atoms with Crippen LogP contribution in [0.5, 0.6) is 0 Å². The van der Waals surface area contributed by atoms with E-state index in [4.69, 9.17) is 0 Å². The van der Waals surface area contributed by atoms with Crippen LogP contribution in [0.15, 0.2) is 79.0 Å². The normalized spacial score (nSPS) is 18.0. The van der Waals surface area contributed by atoms with Gasteiger partial charge in [0.2, 0.25) is 0 Å². The van der Waals surface area contributed by atoms with Crippen molar-refractivity contribution in [3.63, 3.8) is 0 Å². The number of nitrogens with zero attached hydrogens (tertiary/aromatic N) is 8. The van der Waals surface area contributed by atoms with Crippen molar-refractivity contribution < 1.29 is 18.3 Å². The van der Waals surface area contributed by atoms with E-state index in [2.05, 4.69) is 72.3 Å². The van der Waals surface area contributed by atoms with Gasteiger partial charge >= 0.3 is 5.92 Å². The minimum atomic E-state index is -3.85. The summed E-state index contributed by atoms with van der Waals surface area (Å²) in [7, 11) is 0. The van der Waals surface area contributed by atoms with Gasteiger partial charge < -0.3 is 19.9 Å². The molecule has 48 heavy (non-hydrogen) atoms. The van der Waals surface area contributed by atoms with Crippen LogP contribution in [0.2, 0.25) is 0 Å². The number of H-pyrrole nitrogens is 1. The topological polar surface area (TPSA) is 112 Å². The number of alkyl halides is 2. The van der Waals surface area contributed by atoms with E-state index < -0.39 is 29.6 Å². The molecule has 3 aromatic heterocycles. The molecule has 2 aliphatic heterocycles. The quantitative estimate of drug-likeness (QED) is 0.231. The number of hydrogen-bond acceptors (Lipinski definition) is 8. The fourth-order valence-corrected chi connectivity index (χ4v) is 6.67. The lowest BCUT2D eigenvalue weighted by Crippen LogP contribution is -2.49. The molecule has 6 aromatic rings. The predicted molar refractivity (Wildman–Crippen MR) is 175 cm³/mol. The monoisotopic (exact) mass is 651 g/mol. The highest BCUT2D eigenvalue weighted by Gasteiger charge is 2.59. The number of hydrogen-bond donors (Lipinski definition) is 2. The molecule has 244 valence electrons. The van der Waals surface area contributed by atoms with Crippen molar-refractivity contribution in [2.45, 2.75) is 37.8 Å². The lowest BCUT2D eigenvalue weighted by Gasteiger charge is -2.39. The third-order valence-corrected chi connectivity index (χ3v) is 9.42. The summed E-state index contributed by atoms with van der Waals surface area (Å²) in [5.74, 6) is -3.07. The average Bonchev–Trinajstić information content (AvgIpc) is 3.76. The van der Waals surface area contributed by atoms with E-state index in [1.54, 1.807) is 6.07 Å². The Labute approximate surface area is 273 Å². The first kappa shape index (κ1) is 30.1. The Morgan fingerprint density at radius 1 is 0.875 bits per heavy atom. The molecule has 0 saturated carbocycles. The minimum Gasteiger partial charge on any atom is -0.377 e. The molecule has 0 spiro atoms. The average molecular weight is 652 g/mol. The molecule has 0 aliphatic carbocycles. The summed E-state index contributed by atoms with van der Waals surface area (Å²) in [5.41, 5.74) is 2.21. The van der Waals surface area contributed by atoms with Crippen molar-refractivity contribution in [3.8, 4) is 22.5 Å². The van der Waals surface area contributed by atoms with Gasteiger partial charge in [-0.05, 0) is 64.5 Å². The first-order valence-corrected chi connectivity index (χ1v) is 15.8. The molecule has 2 N–H and O–H groups in total. The van der Waals surface area contributed by atoms with E-state index >= 15 is 8.78 Å². The molecule has 3 aromatic carbocycles. The third-order valence-electron chi connectivity index (χ3n) is 9.42. The molecule has 8 rings (SSSR count). The van der Waals surface area contributed by atoms with Crippen molar-refractivity contribution in [2.24, 2.45) is 0 Å². The Kier molecular flexibility index (Phi) is 6.98. The fraction of sp³-hybridized carbons (Fsp3) is 0.286. The van der Waals surface area contributed by atoms with Crippen LogP contribution in [-0.4, -0.2) is 66.4 Å². The van der Waals surface area contributed by atoms with Crippen LogP contribution in [-0.2, 0) is 18.1 Å². The Hall–Kier alpha value is -5.30. The van der Waals surface area contributed by atoms with Gasteiger partial charge in [-0.1, -0.05) is 38.1 Å². The standard InChI is InChI=1S/C35H32F3N9O/c1-21(2)32-40-29-11-9-26(18-30(29)41-32)46-15-13-45(14-16-46)25-7-3-22(4-8-25)23-5-12-31(39-19-23)35(37,38)34(48)20-47-33(42-43-44-47)27-17-24(36)6-10-28(27)34/h3-12,17-19,21,48H,13-16,20H2,1-2H3,(H,40,41)/t34-/m0/s1. The molecule has 0 bridgehead atoms. The number of rotatable bonds is 6. The number of nitrogens with one attached hydrogen (secondary N) is 1. The molecule has 1 saturated heterocycles. The molecule has 1 fully saturated rings. The van der Waals surface area contributed by atoms with E-state index in [9.17, 15) is 9.50 Å². The zero-order valence-electron chi connectivity index (χ0n) is 26.3. The smallest absolute Gasteiger partial charge is 0.323 e. The van der Waals surface area contributed by atoms with Crippen LogP contribution in [0.25, 0.3) is 33.5 Å². The second-order valence-corrected chi connectivity index (χ2v) is 12.7. The highest BCUT2D eigenvalue weighted by Crippen LogP contribution is 2.50. The molecule has 0 radical (unpaired) electrons. The summed E-state index contributed by atoms with van der Waals surface area (Å²) < 4.78 is 47.4. The van der Waals surface area contributed by atoms with Gasteiger partial charge in [0.1, 0.15) is 17.3 Å². The molecule has 0 amide bonds. The second-order valence-electron chi connectivity index (χ2n) is 12.7. The van der Waals surface area contributed by atoms with Crippen LogP contribution < -0.4 is 9.80 Å². The summed E-state index contributed by atoms with van der Waals surface area (Å²) in [6.07, 6.45) is 1.37. The zero-order chi connectivity index (χ0) is 33.2. The number of piperazine rings is 1. The van der Waals surface area contributed by atoms with E-state index in [-0.39, 0.29) is 17.0 Å². The third kappa shape index (κ3) is 4.88. The number of aromatic amines is 1. The Bertz CT molecular complexity index is 2120. The molecular weight excluding hydrogens is 619 g/mol. The molecule has 2 aliphatic rings. The SMILES string of the molecule is CC(C)c1nc2ccc(N3CCN(c4ccc(-c5ccc(C(F)(F)[C@]6(O)Cn7nnnc7-c7cc(F)ccc76)nc5)cc4)CC3)cc2[nH]1. The van der Waals surface area contributed by atoms with Gasteiger partial charge in [-0.2, -0.15) is 8.78 Å². The number of aromatic nitrogens is 7. The van der Waals surface area contributed by atoms with Crippen molar-refractivity contribution in [1.82, 2.24) is 35.2 Å². The molecule has 10 nitrogen and oxygen atoms in total. The van der Waals surface area contributed by atoms with Gasteiger partial charge in [0.15, 0.2) is 11.4 Å². The van der Waals surface area contributed by atoms with E-state index in [1.165, 1.54) is 18.0 Å². The van der Waals surface area contributed by atoms with Crippen LogP contribution in [0.4, 0.5) is 24.5 Å². The highest BCUT2D eigenvalue weighted by molar-refractivity contribution is 5.80. The molecule has 13 heteroatoms. The number of fused-ring (bicyclic) bond motifs is 4. The van der Waals surface area contributed by atoms with Crippen LogP contribution >= 0.6 is 0 Å². The number of pyridine rings is 1. The van der Waals surface area contributed by atoms with Crippen molar-refractivity contribution >= 4 is 22.4 Å². The summed E-state index contributed by atoms with van der Waals surface area (Å²) >= 11 is 0. The first-order chi connectivity index (χ1) is 23.1. The Morgan fingerprint density at radius 3 is 2.29 bits per heavy atom. The van der Waals surface area contributed by atoms with Crippen molar-refractivity contribution in [2.75, 3.05) is 36.0 Å². The summed E-state index contributed by atoms with van der Waals surface area (Å²) in [6, 6.07) is 20.3.